The minimum absolute atomic E-state index is 0.0593. The summed E-state index contributed by atoms with van der Waals surface area (Å²) in [7, 11) is 3.55. The Bertz CT molecular complexity index is 880. The summed E-state index contributed by atoms with van der Waals surface area (Å²) < 4.78 is 5.13. The maximum atomic E-state index is 13.0. The van der Waals surface area contributed by atoms with Gasteiger partial charge >= 0.3 is 6.03 Å². The number of fused-ring (bicyclic) bond motifs is 2. The van der Waals surface area contributed by atoms with Crippen molar-refractivity contribution >= 4 is 29.5 Å². The zero-order valence-corrected chi connectivity index (χ0v) is 14.5. The van der Waals surface area contributed by atoms with Gasteiger partial charge in [-0.3, -0.25) is 9.69 Å². The molecule has 1 aromatic heterocycles. The van der Waals surface area contributed by atoms with E-state index < -0.39 is 11.6 Å². The normalized spacial score (nSPS) is 21.8. The van der Waals surface area contributed by atoms with Crippen molar-refractivity contribution in [2.24, 2.45) is 0 Å². The van der Waals surface area contributed by atoms with E-state index in [4.69, 9.17) is 16.1 Å². The summed E-state index contributed by atoms with van der Waals surface area (Å²) in [4.78, 5) is 32.4. The van der Waals surface area contributed by atoms with Gasteiger partial charge in [0.15, 0.2) is 0 Å². The monoisotopic (exact) mass is 361 g/mol. The quantitative estimate of drug-likeness (QED) is 0.836. The van der Waals surface area contributed by atoms with Crippen LogP contribution in [0.25, 0.3) is 0 Å². The Kier molecular flexibility index (Phi) is 3.47. The fourth-order valence-electron chi connectivity index (χ4n) is 3.39. The number of aryl methyl sites for hydroxylation is 1. The van der Waals surface area contributed by atoms with Gasteiger partial charge in [0.25, 0.3) is 11.9 Å². The molecule has 1 atom stereocenters. The Morgan fingerprint density at radius 1 is 1.40 bits per heavy atom. The molecular formula is C16H16ClN5O3. The van der Waals surface area contributed by atoms with Crippen molar-refractivity contribution < 1.29 is 14.1 Å². The number of amides is 3. The third kappa shape index (κ3) is 2.36. The second-order valence-corrected chi connectivity index (χ2v) is 6.85. The van der Waals surface area contributed by atoms with Gasteiger partial charge in [-0.1, -0.05) is 17.7 Å². The van der Waals surface area contributed by atoms with E-state index in [-0.39, 0.29) is 18.3 Å². The summed E-state index contributed by atoms with van der Waals surface area (Å²) >= 11 is 6.03. The SMILES string of the molecule is CN(C)c1noc(CN2C(=O)NC3(CCc4cc(Cl)ccc43)C2=O)n1. The molecule has 1 aromatic carbocycles. The van der Waals surface area contributed by atoms with Gasteiger partial charge in [-0.2, -0.15) is 4.98 Å². The van der Waals surface area contributed by atoms with E-state index in [0.717, 1.165) is 16.0 Å². The molecule has 4 rings (SSSR count). The number of nitrogens with zero attached hydrogens (tertiary/aromatic N) is 4. The molecule has 2 aromatic rings. The van der Waals surface area contributed by atoms with Crippen LogP contribution in [0.1, 0.15) is 23.4 Å². The fraction of sp³-hybridized carbons (Fsp3) is 0.375. The minimum atomic E-state index is -1.03. The molecule has 1 spiro atoms. The Hall–Kier alpha value is -2.61. The van der Waals surface area contributed by atoms with Gasteiger partial charge in [0.2, 0.25) is 5.89 Å². The van der Waals surface area contributed by atoms with E-state index in [0.29, 0.717) is 23.8 Å². The molecule has 8 nitrogen and oxygen atoms in total. The Balaban J connectivity index is 1.63. The maximum Gasteiger partial charge on any atom is 0.325 e. The van der Waals surface area contributed by atoms with E-state index in [2.05, 4.69) is 15.5 Å². The third-order valence-electron chi connectivity index (χ3n) is 4.62. The molecule has 9 heteroatoms. The lowest BCUT2D eigenvalue weighted by molar-refractivity contribution is -0.132. The van der Waals surface area contributed by atoms with Gasteiger partial charge in [0.1, 0.15) is 12.1 Å². The molecule has 1 fully saturated rings. The van der Waals surface area contributed by atoms with Gasteiger partial charge < -0.3 is 14.7 Å². The Labute approximate surface area is 148 Å². The maximum absolute atomic E-state index is 13.0. The van der Waals surface area contributed by atoms with Crippen LogP contribution in [0.15, 0.2) is 22.7 Å². The Morgan fingerprint density at radius 2 is 2.20 bits per heavy atom. The summed E-state index contributed by atoms with van der Waals surface area (Å²) in [5, 5.41) is 7.26. The number of urea groups is 1. The lowest BCUT2D eigenvalue weighted by Gasteiger charge is -2.22. The second-order valence-electron chi connectivity index (χ2n) is 6.41. The Morgan fingerprint density at radius 3 is 2.92 bits per heavy atom. The van der Waals surface area contributed by atoms with Crippen LogP contribution in [-0.4, -0.2) is 41.1 Å². The molecule has 1 unspecified atom stereocenters. The van der Waals surface area contributed by atoms with Crippen molar-refractivity contribution in [3.63, 3.8) is 0 Å². The molecule has 130 valence electrons. The highest BCUT2D eigenvalue weighted by molar-refractivity contribution is 6.30. The highest BCUT2D eigenvalue weighted by Gasteiger charge is 2.55. The van der Waals surface area contributed by atoms with Crippen molar-refractivity contribution in [1.29, 1.82) is 0 Å². The van der Waals surface area contributed by atoms with Gasteiger partial charge in [-0.05, 0) is 41.3 Å². The summed E-state index contributed by atoms with van der Waals surface area (Å²) in [6.45, 7) is -0.0593. The largest absolute Gasteiger partial charge is 0.344 e. The number of rotatable bonds is 3. The van der Waals surface area contributed by atoms with E-state index in [9.17, 15) is 9.59 Å². The molecule has 0 saturated carbocycles. The van der Waals surface area contributed by atoms with Crippen molar-refractivity contribution in [3.8, 4) is 0 Å². The number of hydrogen-bond acceptors (Lipinski definition) is 6. The lowest BCUT2D eigenvalue weighted by atomic mass is 9.92. The highest BCUT2D eigenvalue weighted by Crippen LogP contribution is 2.42. The van der Waals surface area contributed by atoms with Crippen molar-refractivity contribution in [3.05, 3.63) is 40.2 Å². The molecule has 2 aliphatic rings. The highest BCUT2D eigenvalue weighted by atomic mass is 35.5. The predicted molar refractivity (Wildman–Crippen MR) is 89.2 cm³/mol. The first-order valence-corrected chi connectivity index (χ1v) is 8.21. The third-order valence-corrected chi connectivity index (χ3v) is 4.86. The van der Waals surface area contributed by atoms with E-state index in [1.807, 2.05) is 12.1 Å². The van der Waals surface area contributed by atoms with Crippen molar-refractivity contribution in [1.82, 2.24) is 20.4 Å². The van der Waals surface area contributed by atoms with Gasteiger partial charge in [0.05, 0.1) is 0 Å². The number of carbonyl (C=O) groups is 2. The lowest BCUT2D eigenvalue weighted by Crippen LogP contribution is -2.41. The number of imide groups is 1. The summed E-state index contributed by atoms with van der Waals surface area (Å²) in [6, 6.07) is 4.92. The molecule has 0 radical (unpaired) electrons. The predicted octanol–water partition coefficient (Wildman–Crippen LogP) is 1.68. The van der Waals surface area contributed by atoms with Crippen LogP contribution in [-0.2, 0) is 23.3 Å². The van der Waals surface area contributed by atoms with Crippen LogP contribution in [0.3, 0.4) is 0 Å². The number of halogens is 1. The zero-order chi connectivity index (χ0) is 17.8. The first-order valence-electron chi connectivity index (χ1n) is 7.83. The number of anilines is 1. The molecule has 0 bridgehead atoms. The van der Waals surface area contributed by atoms with Crippen LogP contribution >= 0.6 is 11.6 Å². The van der Waals surface area contributed by atoms with Crippen LogP contribution in [0.4, 0.5) is 10.7 Å². The number of aromatic nitrogens is 2. The van der Waals surface area contributed by atoms with Crippen LogP contribution in [0.5, 0.6) is 0 Å². The summed E-state index contributed by atoms with van der Waals surface area (Å²) in [5.74, 6) is 0.291. The molecule has 2 heterocycles. The molecule has 1 saturated heterocycles. The fourth-order valence-corrected chi connectivity index (χ4v) is 3.59. The zero-order valence-electron chi connectivity index (χ0n) is 13.7. The molecule has 1 aliphatic heterocycles. The second kappa shape index (κ2) is 5.45. The first kappa shape index (κ1) is 15.9. The minimum Gasteiger partial charge on any atom is -0.344 e. The van der Waals surface area contributed by atoms with Gasteiger partial charge in [0, 0.05) is 19.1 Å². The molecule has 25 heavy (non-hydrogen) atoms. The van der Waals surface area contributed by atoms with E-state index in [1.54, 1.807) is 25.1 Å². The number of hydrogen-bond donors (Lipinski definition) is 1. The first-order chi connectivity index (χ1) is 11.9. The van der Waals surface area contributed by atoms with Crippen LogP contribution in [0, 0.1) is 0 Å². The van der Waals surface area contributed by atoms with Crippen molar-refractivity contribution in [2.45, 2.75) is 24.9 Å². The van der Waals surface area contributed by atoms with Gasteiger partial charge in [-0.15, -0.1) is 0 Å². The van der Waals surface area contributed by atoms with E-state index in [1.165, 1.54) is 0 Å². The number of nitrogens with one attached hydrogen (secondary N) is 1. The topological polar surface area (TPSA) is 91.6 Å². The number of benzene rings is 1. The molecule has 3 amide bonds. The van der Waals surface area contributed by atoms with Gasteiger partial charge in [-0.25, -0.2) is 4.79 Å². The van der Waals surface area contributed by atoms with E-state index >= 15 is 0 Å². The standard InChI is InChI=1S/C16H16ClN5O3/c1-21(2)14-18-12(25-20-14)8-22-13(23)16(19-15(22)24)6-5-9-7-10(17)3-4-11(9)16/h3-4,7H,5-6,8H2,1-2H3,(H,19,24). The summed E-state index contributed by atoms with van der Waals surface area (Å²) in [5.41, 5.74) is 0.759. The number of carbonyl (C=O) groups excluding carboxylic acids is 2. The summed E-state index contributed by atoms with van der Waals surface area (Å²) in [6.07, 6.45) is 1.19. The molecule has 1 N–H and O–H groups in total. The van der Waals surface area contributed by atoms with Crippen LogP contribution < -0.4 is 10.2 Å². The molecule has 1 aliphatic carbocycles. The average molecular weight is 362 g/mol. The molecular weight excluding hydrogens is 346 g/mol. The smallest absolute Gasteiger partial charge is 0.325 e. The van der Waals surface area contributed by atoms with Crippen LogP contribution in [0.2, 0.25) is 5.02 Å². The van der Waals surface area contributed by atoms with Crippen molar-refractivity contribution in [2.75, 3.05) is 19.0 Å². The average Bonchev–Trinajstić information content (AvgIpc) is 3.23.